The van der Waals surface area contributed by atoms with Crippen molar-refractivity contribution in [2.24, 2.45) is 8.02 Å². The van der Waals surface area contributed by atoms with Gasteiger partial charge in [0.1, 0.15) is 0 Å². The van der Waals surface area contributed by atoms with E-state index < -0.39 is 0 Å². The van der Waals surface area contributed by atoms with Gasteiger partial charge in [-0.1, -0.05) is 0 Å². The van der Waals surface area contributed by atoms with Crippen molar-refractivity contribution in [1.82, 2.24) is 0 Å². The molecule has 1 aromatic rings. The zero-order chi connectivity index (χ0) is 7.97. The van der Waals surface area contributed by atoms with Gasteiger partial charge in [0.2, 0.25) is 0 Å². The van der Waals surface area contributed by atoms with Crippen molar-refractivity contribution in [2.75, 3.05) is 0 Å². The third-order valence-corrected chi connectivity index (χ3v) is 7.97. The van der Waals surface area contributed by atoms with Gasteiger partial charge in [-0.3, -0.25) is 0 Å². The third-order valence-electron chi connectivity index (χ3n) is 1.58. The Morgan fingerprint density at radius 1 is 0.917 bits per heavy atom. The molecule has 0 bridgehead atoms. The van der Waals surface area contributed by atoms with Crippen molar-refractivity contribution < 1.29 is 0 Å². The Balaban J connectivity index is 2.44. The van der Waals surface area contributed by atoms with Gasteiger partial charge in [0.15, 0.2) is 0 Å². The first kappa shape index (κ1) is 7.92. The average Bonchev–Trinajstić information content (AvgIpc) is 2.71. The van der Waals surface area contributed by atoms with Crippen LogP contribution in [-0.4, -0.2) is 28.1 Å². The minimum absolute atomic E-state index is 0.383. The predicted octanol–water partition coefficient (Wildman–Crippen LogP) is 0.206. The summed E-state index contributed by atoms with van der Waals surface area (Å²) >= 11 is 0.765. The molecule has 2 aliphatic rings. The van der Waals surface area contributed by atoms with E-state index in [1.807, 2.05) is 20.4 Å². The third kappa shape index (κ3) is 1.10. The monoisotopic (exact) mass is 326 g/mol. The summed E-state index contributed by atoms with van der Waals surface area (Å²) in [4.78, 5) is 2.78. The summed E-state index contributed by atoms with van der Waals surface area (Å²) in [6.07, 6.45) is 0. The first-order chi connectivity index (χ1) is 5.95. The molecule has 2 nitrogen and oxygen atoms in total. The number of fused-ring (bicyclic) bond motifs is 3. The standard InChI is InChI=1S/C6H2N2S2Se2/c1-2-4-6(10-12-8-4)5-3(1)7-11-9-5/h1-2H. The van der Waals surface area contributed by atoms with Crippen molar-refractivity contribution >= 4 is 48.5 Å². The van der Waals surface area contributed by atoms with Crippen LogP contribution in [0.1, 0.15) is 0 Å². The summed E-state index contributed by atoms with van der Waals surface area (Å²) in [5, 5.41) is 2.39. The second-order valence-electron chi connectivity index (χ2n) is 2.26. The predicted molar refractivity (Wildman–Crippen MR) is 52.0 cm³/mol. The second-order valence-corrected chi connectivity index (χ2v) is 8.45. The number of hydrogen-bond donors (Lipinski definition) is 0. The van der Waals surface area contributed by atoms with Crippen LogP contribution in [0.25, 0.3) is 0 Å². The molecule has 0 unspecified atom stereocenters. The normalized spacial score (nSPS) is 18.0. The molecule has 0 fully saturated rings. The molecule has 1 aromatic carbocycles. The molecule has 6 heteroatoms. The Bertz CT molecular complexity index is 416. The van der Waals surface area contributed by atoms with Crippen molar-refractivity contribution in [3.05, 3.63) is 22.8 Å². The Kier molecular flexibility index (Phi) is 2.01. The van der Waals surface area contributed by atoms with Gasteiger partial charge in [-0.15, -0.1) is 0 Å². The van der Waals surface area contributed by atoms with Crippen LogP contribution in [0.4, 0.5) is 0 Å². The Labute approximate surface area is 88.6 Å². The molecular weight excluding hydrogens is 322 g/mol. The molecule has 60 valence electrons. The summed E-state index contributed by atoms with van der Waals surface area (Å²) in [5.41, 5.74) is 0. The number of rotatable bonds is 0. The van der Waals surface area contributed by atoms with E-state index in [0.717, 1.165) is 0 Å². The van der Waals surface area contributed by atoms with Crippen LogP contribution >= 0.6 is 20.4 Å². The molecule has 2 heterocycles. The van der Waals surface area contributed by atoms with Crippen LogP contribution in [0.3, 0.4) is 0 Å². The van der Waals surface area contributed by atoms with Crippen molar-refractivity contribution in [3.8, 4) is 0 Å². The van der Waals surface area contributed by atoms with Gasteiger partial charge >= 0.3 is 89.1 Å². The zero-order valence-corrected chi connectivity index (χ0v) is 10.7. The fourth-order valence-corrected chi connectivity index (χ4v) is 8.59. The molecule has 0 spiro atoms. The van der Waals surface area contributed by atoms with Gasteiger partial charge in [0, 0.05) is 0 Å². The van der Waals surface area contributed by atoms with Gasteiger partial charge in [0.05, 0.1) is 0 Å². The Morgan fingerprint density at radius 2 is 1.42 bits per heavy atom. The number of nitrogens with zero attached hydrogens (tertiary/aromatic N) is 2. The molecule has 3 rings (SSSR count). The van der Waals surface area contributed by atoms with Crippen LogP contribution < -0.4 is 10.7 Å². The number of benzene rings is 1. The van der Waals surface area contributed by atoms with E-state index >= 15 is 0 Å². The van der Waals surface area contributed by atoms with E-state index in [9.17, 15) is 0 Å². The first-order valence-corrected chi connectivity index (χ1v) is 10.4. The van der Waals surface area contributed by atoms with E-state index in [4.69, 9.17) is 0 Å². The van der Waals surface area contributed by atoms with E-state index in [2.05, 4.69) is 20.2 Å². The summed E-state index contributed by atoms with van der Waals surface area (Å²) in [6.45, 7) is 0. The van der Waals surface area contributed by atoms with E-state index in [-0.39, 0.29) is 0 Å². The molecule has 0 aliphatic carbocycles. The van der Waals surface area contributed by atoms with E-state index in [1.165, 1.54) is 20.5 Å². The Morgan fingerprint density at radius 3 is 1.92 bits per heavy atom. The molecule has 0 amide bonds. The van der Waals surface area contributed by atoms with E-state index in [0.29, 0.717) is 28.1 Å². The minimum atomic E-state index is 0.383. The SMILES string of the molecule is c1cc2c(c3c1=N[Se]S3)S[Se]N=2. The fraction of sp³-hybridized carbons (Fsp3) is 0. The molecular formula is C6H2N2S2Se2. The molecule has 0 radical (unpaired) electrons. The maximum atomic E-state index is 4.45. The summed E-state index contributed by atoms with van der Waals surface area (Å²) in [7, 11) is 3.80. The van der Waals surface area contributed by atoms with Gasteiger partial charge in [-0.05, 0) is 0 Å². The summed E-state index contributed by atoms with van der Waals surface area (Å²) < 4.78 is 8.91. The van der Waals surface area contributed by atoms with Crippen molar-refractivity contribution in [3.63, 3.8) is 0 Å². The fourth-order valence-electron chi connectivity index (χ4n) is 1.04. The summed E-state index contributed by atoms with van der Waals surface area (Å²) in [6, 6.07) is 4.20. The first-order valence-electron chi connectivity index (χ1n) is 3.21. The maximum absolute atomic E-state index is 4.45. The van der Waals surface area contributed by atoms with Crippen LogP contribution in [0.2, 0.25) is 0 Å². The van der Waals surface area contributed by atoms with Gasteiger partial charge in [0.25, 0.3) is 0 Å². The molecule has 0 saturated carbocycles. The van der Waals surface area contributed by atoms with Crippen molar-refractivity contribution in [1.29, 1.82) is 0 Å². The Hall–Kier alpha value is 0.559. The molecule has 0 aromatic heterocycles. The van der Waals surface area contributed by atoms with Crippen LogP contribution in [-0.2, 0) is 0 Å². The average molecular weight is 324 g/mol. The second kappa shape index (κ2) is 3.05. The van der Waals surface area contributed by atoms with Gasteiger partial charge in [-0.2, -0.15) is 0 Å². The van der Waals surface area contributed by atoms with Gasteiger partial charge in [-0.25, -0.2) is 0 Å². The molecule has 0 N–H and O–H groups in total. The summed E-state index contributed by atoms with van der Waals surface area (Å²) in [5.74, 6) is 0. The van der Waals surface area contributed by atoms with Crippen LogP contribution in [0.15, 0.2) is 29.9 Å². The zero-order valence-electron chi connectivity index (χ0n) is 5.68. The van der Waals surface area contributed by atoms with Crippen LogP contribution in [0, 0.1) is 0 Å². The molecule has 12 heavy (non-hydrogen) atoms. The van der Waals surface area contributed by atoms with E-state index in [1.54, 1.807) is 0 Å². The quantitative estimate of drug-likeness (QED) is 0.637. The van der Waals surface area contributed by atoms with Crippen LogP contribution in [0.5, 0.6) is 0 Å². The topological polar surface area (TPSA) is 24.7 Å². The molecule has 0 saturated heterocycles. The molecule has 0 atom stereocenters. The number of hydrogen-bond acceptors (Lipinski definition) is 4. The molecule has 2 aliphatic heterocycles. The van der Waals surface area contributed by atoms with Crippen molar-refractivity contribution in [2.45, 2.75) is 9.79 Å². The van der Waals surface area contributed by atoms with Gasteiger partial charge < -0.3 is 0 Å².